The van der Waals surface area contributed by atoms with Gasteiger partial charge in [-0.15, -0.1) is 0 Å². The summed E-state index contributed by atoms with van der Waals surface area (Å²) in [4.78, 5) is 0. The monoisotopic (exact) mass is 424 g/mol. The molecule has 6 nitrogen and oxygen atoms in total. The van der Waals surface area contributed by atoms with Crippen molar-refractivity contribution in [2.24, 2.45) is 0 Å². The lowest BCUT2D eigenvalue weighted by Crippen LogP contribution is -2.70. The molecule has 2 aliphatic heterocycles. The molecule has 3 rings (SSSR count). The van der Waals surface area contributed by atoms with Gasteiger partial charge in [0.1, 0.15) is 24.1 Å². The molecule has 0 spiro atoms. The van der Waals surface area contributed by atoms with Gasteiger partial charge in [0.2, 0.25) is 0 Å². The Bertz CT molecular complexity index is 686. The fourth-order valence-corrected chi connectivity index (χ4v) is 5.30. The maximum absolute atomic E-state index is 11.3. The van der Waals surface area contributed by atoms with Crippen LogP contribution in [0.1, 0.15) is 45.6 Å². The van der Waals surface area contributed by atoms with Crippen LogP contribution in [0, 0.1) is 0 Å². The topological polar surface area (TPSA) is 77.4 Å². The number of aliphatic hydroxyl groups is 2. The highest BCUT2D eigenvalue weighted by Gasteiger charge is 2.59. The van der Waals surface area contributed by atoms with E-state index in [0.29, 0.717) is 6.42 Å². The van der Waals surface area contributed by atoms with Crippen LogP contribution in [0.15, 0.2) is 24.3 Å². The van der Waals surface area contributed by atoms with Crippen molar-refractivity contribution in [3.8, 4) is 5.75 Å². The number of aliphatic hydroxyl groups excluding tert-OH is 2. The zero-order valence-corrected chi connectivity index (χ0v) is 19.5. The number of fused-ring (bicyclic) bond motifs is 2. The smallest absolute Gasteiger partial charge is 0.195 e. The summed E-state index contributed by atoms with van der Waals surface area (Å²) in [5, 5.41) is 22.0. The molecule has 0 aromatic heterocycles. The van der Waals surface area contributed by atoms with E-state index < -0.39 is 38.5 Å². The number of ether oxygens (including phenoxy) is 3. The molecule has 0 aliphatic carbocycles. The summed E-state index contributed by atoms with van der Waals surface area (Å²) in [5.41, 5.74) is 0.946. The van der Waals surface area contributed by atoms with Crippen LogP contribution >= 0.6 is 0 Å². The van der Waals surface area contributed by atoms with E-state index in [1.165, 1.54) is 0 Å². The predicted octanol–water partition coefficient (Wildman–Crippen LogP) is 3.60. The molecule has 164 valence electrons. The van der Waals surface area contributed by atoms with Crippen molar-refractivity contribution >= 4 is 8.32 Å². The van der Waals surface area contributed by atoms with Crippen molar-refractivity contribution < 1.29 is 28.8 Å². The molecule has 1 aromatic carbocycles. The molecular formula is C22H36O6Si. The summed E-state index contributed by atoms with van der Waals surface area (Å²) < 4.78 is 24.1. The number of hydrogen-bond donors (Lipinski definition) is 2. The molecule has 0 amide bonds. The van der Waals surface area contributed by atoms with Crippen LogP contribution in [0.25, 0.3) is 0 Å². The normalized spacial score (nSPS) is 32.8. The summed E-state index contributed by atoms with van der Waals surface area (Å²) in [6, 6.07) is 7.57. The quantitative estimate of drug-likeness (QED) is 0.680. The highest BCUT2D eigenvalue weighted by atomic mass is 28.4. The highest BCUT2D eigenvalue weighted by molar-refractivity contribution is 6.74. The Labute approximate surface area is 175 Å². The number of methoxy groups -OCH3 is 1. The molecule has 2 aliphatic rings. The molecule has 2 fully saturated rings. The molecular weight excluding hydrogens is 388 g/mol. The second-order valence-corrected chi connectivity index (χ2v) is 14.5. The third kappa shape index (κ3) is 4.55. The van der Waals surface area contributed by atoms with Crippen LogP contribution in [0.3, 0.4) is 0 Å². The largest absolute Gasteiger partial charge is 0.497 e. The standard InChI is InChI=1S/C22H36O6Si/c1-21(2,3)29(5,6)28-22-13-7-8-17(27-22)18(23)19(20(22)24)26-14-15-9-11-16(25-4)12-10-15/h9-12,17-20,23-24H,7-8,13-14H2,1-6H3/t17-,18-,19-,20-,22-/m1/s1. The third-order valence-corrected chi connectivity index (χ3v) is 11.1. The molecule has 2 heterocycles. The van der Waals surface area contributed by atoms with Gasteiger partial charge in [0.05, 0.1) is 19.8 Å². The van der Waals surface area contributed by atoms with E-state index in [2.05, 4.69) is 33.9 Å². The maximum atomic E-state index is 11.3. The lowest BCUT2D eigenvalue weighted by Gasteiger charge is -2.56. The first kappa shape index (κ1) is 22.7. The Morgan fingerprint density at radius 2 is 1.83 bits per heavy atom. The lowest BCUT2D eigenvalue weighted by molar-refractivity contribution is -0.360. The Balaban J connectivity index is 1.78. The fraction of sp³-hybridized carbons (Fsp3) is 0.727. The van der Waals surface area contributed by atoms with Crippen molar-refractivity contribution in [1.29, 1.82) is 0 Å². The zero-order valence-electron chi connectivity index (χ0n) is 18.5. The molecule has 29 heavy (non-hydrogen) atoms. The Morgan fingerprint density at radius 3 is 2.41 bits per heavy atom. The summed E-state index contributed by atoms with van der Waals surface area (Å²) >= 11 is 0. The van der Waals surface area contributed by atoms with E-state index in [1.807, 2.05) is 24.3 Å². The minimum absolute atomic E-state index is 0.0206. The Hall–Kier alpha value is -0.963. The molecule has 1 aromatic rings. The minimum Gasteiger partial charge on any atom is -0.497 e. The van der Waals surface area contributed by atoms with Gasteiger partial charge < -0.3 is 28.8 Å². The fourth-order valence-electron chi connectivity index (χ4n) is 3.85. The molecule has 5 atom stereocenters. The molecule has 2 N–H and O–H groups in total. The van der Waals surface area contributed by atoms with E-state index in [1.54, 1.807) is 7.11 Å². The average molecular weight is 425 g/mol. The van der Waals surface area contributed by atoms with Gasteiger partial charge in [-0.3, -0.25) is 0 Å². The van der Waals surface area contributed by atoms with E-state index >= 15 is 0 Å². The molecule has 0 saturated carbocycles. The summed E-state index contributed by atoms with van der Waals surface area (Å²) in [6.07, 6.45) is -0.913. The SMILES string of the molecule is COc1ccc(CO[C@@H]2[C@H](O)[C@H]3CCC[C@](O[Si](C)(C)C(C)(C)C)(O3)[C@@H]2O)cc1. The van der Waals surface area contributed by atoms with Crippen LogP contribution in [-0.4, -0.2) is 55.8 Å². The van der Waals surface area contributed by atoms with Crippen LogP contribution < -0.4 is 4.74 Å². The third-order valence-electron chi connectivity index (χ3n) is 6.68. The first-order valence-electron chi connectivity index (χ1n) is 10.5. The van der Waals surface area contributed by atoms with E-state index in [0.717, 1.165) is 24.2 Å². The number of benzene rings is 1. The van der Waals surface area contributed by atoms with Gasteiger partial charge in [-0.1, -0.05) is 32.9 Å². The average Bonchev–Trinajstić information content (AvgIpc) is 2.66. The summed E-state index contributed by atoms with van der Waals surface area (Å²) in [6.45, 7) is 11.1. The van der Waals surface area contributed by atoms with Crippen molar-refractivity contribution in [3.63, 3.8) is 0 Å². The van der Waals surface area contributed by atoms with Gasteiger partial charge in [0.25, 0.3) is 0 Å². The van der Waals surface area contributed by atoms with Gasteiger partial charge in [-0.05, 0) is 48.7 Å². The van der Waals surface area contributed by atoms with Crippen molar-refractivity contribution in [2.45, 2.75) is 95.0 Å². The first-order valence-corrected chi connectivity index (χ1v) is 13.4. The maximum Gasteiger partial charge on any atom is 0.195 e. The molecule has 2 bridgehead atoms. The van der Waals surface area contributed by atoms with Crippen LogP contribution in [0.4, 0.5) is 0 Å². The van der Waals surface area contributed by atoms with E-state index in [4.69, 9.17) is 18.6 Å². The van der Waals surface area contributed by atoms with Gasteiger partial charge in [-0.25, -0.2) is 0 Å². The van der Waals surface area contributed by atoms with Gasteiger partial charge in [0, 0.05) is 6.42 Å². The minimum atomic E-state index is -2.21. The Morgan fingerprint density at radius 1 is 1.17 bits per heavy atom. The Kier molecular flexibility index (Phi) is 6.49. The van der Waals surface area contributed by atoms with E-state index in [9.17, 15) is 10.2 Å². The van der Waals surface area contributed by atoms with Gasteiger partial charge in [-0.2, -0.15) is 0 Å². The summed E-state index contributed by atoms with van der Waals surface area (Å²) in [7, 11) is -0.582. The second kappa shape index (κ2) is 8.28. The van der Waals surface area contributed by atoms with Crippen molar-refractivity contribution in [3.05, 3.63) is 29.8 Å². The van der Waals surface area contributed by atoms with Crippen molar-refractivity contribution in [1.82, 2.24) is 0 Å². The molecule has 7 heteroatoms. The van der Waals surface area contributed by atoms with E-state index in [-0.39, 0.29) is 11.6 Å². The van der Waals surface area contributed by atoms with Gasteiger partial charge in [0.15, 0.2) is 14.1 Å². The molecule has 0 unspecified atom stereocenters. The van der Waals surface area contributed by atoms with Crippen LogP contribution in [-0.2, 0) is 20.5 Å². The van der Waals surface area contributed by atoms with Crippen LogP contribution in [0.2, 0.25) is 18.1 Å². The zero-order chi connectivity index (χ0) is 21.4. The first-order chi connectivity index (χ1) is 13.5. The second-order valence-electron chi connectivity index (χ2n) is 9.78. The van der Waals surface area contributed by atoms with Crippen LogP contribution in [0.5, 0.6) is 5.75 Å². The van der Waals surface area contributed by atoms with Crippen molar-refractivity contribution in [2.75, 3.05) is 7.11 Å². The number of hydrogen-bond acceptors (Lipinski definition) is 6. The molecule has 0 radical (unpaired) electrons. The molecule has 2 saturated heterocycles. The highest BCUT2D eigenvalue weighted by Crippen LogP contribution is 2.47. The lowest BCUT2D eigenvalue weighted by atomic mass is 9.83. The summed E-state index contributed by atoms with van der Waals surface area (Å²) in [5.74, 6) is -0.341. The predicted molar refractivity (Wildman–Crippen MR) is 113 cm³/mol. The number of rotatable bonds is 6. The van der Waals surface area contributed by atoms with Gasteiger partial charge >= 0.3 is 0 Å².